The summed E-state index contributed by atoms with van der Waals surface area (Å²) in [6.07, 6.45) is 5.97. The molecule has 4 heteroatoms. The van der Waals surface area contributed by atoms with E-state index in [1.165, 1.54) is 32.4 Å². The van der Waals surface area contributed by atoms with Crippen molar-refractivity contribution >= 4 is 5.82 Å². The van der Waals surface area contributed by atoms with Crippen LogP contribution in [0, 0.1) is 0 Å². The van der Waals surface area contributed by atoms with Gasteiger partial charge in [-0.3, -0.25) is 0 Å². The summed E-state index contributed by atoms with van der Waals surface area (Å²) in [6.45, 7) is 6.47. The van der Waals surface area contributed by atoms with Gasteiger partial charge in [-0.15, -0.1) is 0 Å². The number of anilines is 1. The van der Waals surface area contributed by atoms with Gasteiger partial charge in [-0.05, 0) is 38.1 Å². The second-order valence-corrected chi connectivity index (χ2v) is 5.06. The molecule has 1 aromatic rings. The van der Waals surface area contributed by atoms with E-state index >= 15 is 0 Å². The number of nitrogens with zero attached hydrogens (tertiary/aromatic N) is 3. The maximum atomic E-state index is 5.63. The van der Waals surface area contributed by atoms with Gasteiger partial charge in [0.2, 0.25) is 0 Å². The van der Waals surface area contributed by atoms with Gasteiger partial charge in [-0.25, -0.2) is 4.98 Å². The summed E-state index contributed by atoms with van der Waals surface area (Å²) in [5.41, 5.74) is 0. The summed E-state index contributed by atoms with van der Waals surface area (Å²) in [4.78, 5) is 9.37. The highest BCUT2D eigenvalue weighted by Gasteiger charge is 2.19. The lowest BCUT2D eigenvalue weighted by atomic mass is 10.1. The van der Waals surface area contributed by atoms with Gasteiger partial charge in [-0.2, -0.15) is 0 Å². The molecule has 2 aliphatic heterocycles. The number of aromatic nitrogens is 1. The van der Waals surface area contributed by atoms with E-state index in [1.807, 2.05) is 18.3 Å². The van der Waals surface area contributed by atoms with E-state index in [0.29, 0.717) is 0 Å². The van der Waals surface area contributed by atoms with Gasteiger partial charge >= 0.3 is 0 Å². The van der Waals surface area contributed by atoms with Crippen LogP contribution in [0.25, 0.3) is 0 Å². The molecule has 1 fully saturated rings. The lowest BCUT2D eigenvalue weighted by Crippen LogP contribution is -2.41. The van der Waals surface area contributed by atoms with Crippen molar-refractivity contribution in [3.05, 3.63) is 18.3 Å². The van der Waals surface area contributed by atoms with Crippen molar-refractivity contribution in [2.75, 3.05) is 44.2 Å². The number of fused-ring (bicyclic) bond motifs is 1. The van der Waals surface area contributed by atoms with Gasteiger partial charge in [0.05, 0.1) is 6.54 Å². The molecule has 0 atom stereocenters. The van der Waals surface area contributed by atoms with Crippen molar-refractivity contribution in [2.24, 2.45) is 0 Å². The van der Waals surface area contributed by atoms with E-state index in [-0.39, 0.29) is 0 Å². The number of hydrogen-bond acceptors (Lipinski definition) is 4. The summed E-state index contributed by atoms with van der Waals surface area (Å²) < 4.78 is 5.63. The van der Waals surface area contributed by atoms with Crippen LogP contribution in [0.1, 0.15) is 19.3 Å². The molecule has 4 nitrogen and oxygen atoms in total. The Labute approximate surface area is 109 Å². The number of likely N-dealkylation sites (tertiary alicyclic amines) is 1. The monoisotopic (exact) mass is 247 g/mol. The van der Waals surface area contributed by atoms with Gasteiger partial charge < -0.3 is 14.5 Å². The summed E-state index contributed by atoms with van der Waals surface area (Å²) >= 11 is 0. The average Bonchev–Trinajstić information content (AvgIpc) is 2.46. The molecule has 3 rings (SSSR count). The van der Waals surface area contributed by atoms with Crippen LogP contribution < -0.4 is 9.64 Å². The van der Waals surface area contributed by atoms with Gasteiger partial charge in [0.1, 0.15) is 6.61 Å². The van der Waals surface area contributed by atoms with Gasteiger partial charge in [-0.1, -0.05) is 6.42 Å². The van der Waals surface area contributed by atoms with E-state index in [0.717, 1.165) is 37.8 Å². The van der Waals surface area contributed by atoms with Crippen LogP contribution >= 0.6 is 0 Å². The topological polar surface area (TPSA) is 28.6 Å². The van der Waals surface area contributed by atoms with Crippen molar-refractivity contribution < 1.29 is 4.74 Å². The second-order valence-electron chi connectivity index (χ2n) is 5.06. The highest BCUT2D eigenvalue weighted by Crippen LogP contribution is 2.28. The first-order valence-corrected chi connectivity index (χ1v) is 6.98. The molecule has 0 N–H and O–H groups in total. The maximum absolute atomic E-state index is 5.63. The molecule has 0 radical (unpaired) electrons. The molecule has 0 aromatic carbocycles. The fraction of sp³-hybridized carbons (Fsp3) is 0.643. The third-order valence-corrected chi connectivity index (χ3v) is 3.80. The van der Waals surface area contributed by atoms with Crippen LogP contribution in [-0.4, -0.2) is 49.2 Å². The van der Waals surface area contributed by atoms with E-state index in [2.05, 4.69) is 14.8 Å². The number of pyridine rings is 1. The highest BCUT2D eigenvalue weighted by molar-refractivity contribution is 5.53. The molecule has 0 aliphatic carbocycles. The van der Waals surface area contributed by atoms with Gasteiger partial charge in [0.15, 0.2) is 11.6 Å². The zero-order valence-electron chi connectivity index (χ0n) is 10.8. The minimum absolute atomic E-state index is 0.776. The number of rotatable bonds is 3. The quantitative estimate of drug-likeness (QED) is 0.814. The van der Waals surface area contributed by atoms with Crippen molar-refractivity contribution in [3.63, 3.8) is 0 Å². The first kappa shape index (κ1) is 11.8. The van der Waals surface area contributed by atoms with E-state index in [9.17, 15) is 0 Å². The van der Waals surface area contributed by atoms with Gasteiger partial charge in [0.25, 0.3) is 0 Å². The lowest BCUT2D eigenvalue weighted by molar-refractivity contribution is 0.229. The van der Waals surface area contributed by atoms with Crippen LogP contribution in [-0.2, 0) is 0 Å². The summed E-state index contributed by atoms with van der Waals surface area (Å²) in [5.74, 6) is 1.95. The Morgan fingerprint density at radius 1 is 1.11 bits per heavy atom. The van der Waals surface area contributed by atoms with Crippen LogP contribution in [0.2, 0.25) is 0 Å². The average molecular weight is 247 g/mol. The van der Waals surface area contributed by atoms with Gasteiger partial charge in [0, 0.05) is 19.3 Å². The van der Waals surface area contributed by atoms with E-state index in [1.54, 1.807) is 0 Å². The molecule has 18 heavy (non-hydrogen) atoms. The molecule has 2 aliphatic rings. The predicted octanol–water partition coefficient (Wildman–Crippen LogP) is 1.77. The molecule has 0 saturated carbocycles. The van der Waals surface area contributed by atoms with Crippen molar-refractivity contribution in [1.82, 2.24) is 9.88 Å². The molecule has 3 heterocycles. The SMILES string of the molecule is c1cnc2c(c1)OCCN2CCN1CCCCC1. The minimum Gasteiger partial charge on any atom is -0.488 e. The molecule has 98 valence electrons. The van der Waals surface area contributed by atoms with Crippen LogP contribution in [0.4, 0.5) is 5.82 Å². The first-order chi connectivity index (χ1) is 8.93. The Morgan fingerprint density at radius 2 is 2.00 bits per heavy atom. The smallest absolute Gasteiger partial charge is 0.171 e. The second kappa shape index (κ2) is 5.57. The van der Waals surface area contributed by atoms with Crippen molar-refractivity contribution in [2.45, 2.75) is 19.3 Å². The lowest BCUT2D eigenvalue weighted by Gasteiger charge is -2.33. The van der Waals surface area contributed by atoms with Crippen molar-refractivity contribution in [3.8, 4) is 5.75 Å². The fourth-order valence-electron chi connectivity index (χ4n) is 2.77. The Morgan fingerprint density at radius 3 is 2.89 bits per heavy atom. The molecule has 1 saturated heterocycles. The summed E-state index contributed by atoms with van der Waals surface area (Å²) in [7, 11) is 0. The molecule has 0 unspecified atom stereocenters. The largest absolute Gasteiger partial charge is 0.488 e. The molecular formula is C14H21N3O. The van der Waals surface area contributed by atoms with E-state index in [4.69, 9.17) is 4.74 Å². The normalized spacial score (nSPS) is 20.3. The standard InChI is InChI=1S/C14H21N3O/c1-2-7-16(8-3-1)9-10-17-11-12-18-13-5-4-6-15-14(13)17/h4-6H,1-3,7-12H2. The molecule has 1 aromatic heterocycles. The summed E-state index contributed by atoms with van der Waals surface area (Å²) in [5, 5.41) is 0. The Bertz CT molecular complexity index is 390. The highest BCUT2D eigenvalue weighted by atomic mass is 16.5. The molecule has 0 spiro atoms. The molecule has 0 bridgehead atoms. The van der Waals surface area contributed by atoms with Crippen molar-refractivity contribution in [1.29, 1.82) is 0 Å². The molecular weight excluding hydrogens is 226 g/mol. The van der Waals surface area contributed by atoms with Crippen LogP contribution in [0.3, 0.4) is 0 Å². The van der Waals surface area contributed by atoms with Crippen LogP contribution in [0.5, 0.6) is 5.75 Å². The first-order valence-electron chi connectivity index (χ1n) is 6.98. The van der Waals surface area contributed by atoms with E-state index < -0.39 is 0 Å². The number of ether oxygens (including phenoxy) is 1. The maximum Gasteiger partial charge on any atom is 0.171 e. The number of piperidine rings is 1. The zero-order valence-corrected chi connectivity index (χ0v) is 10.8. The third kappa shape index (κ3) is 2.58. The Hall–Kier alpha value is -1.29. The predicted molar refractivity (Wildman–Crippen MR) is 72.2 cm³/mol. The fourth-order valence-corrected chi connectivity index (χ4v) is 2.77. The molecule has 0 amide bonds. The Kier molecular flexibility index (Phi) is 3.64. The Balaban J connectivity index is 1.60. The minimum atomic E-state index is 0.776. The zero-order chi connectivity index (χ0) is 12.2. The number of hydrogen-bond donors (Lipinski definition) is 0. The summed E-state index contributed by atoms with van der Waals surface area (Å²) in [6, 6.07) is 3.95. The third-order valence-electron chi connectivity index (χ3n) is 3.80. The van der Waals surface area contributed by atoms with Crippen LogP contribution in [0.15, 0.2) is 18.3 Å².